The van der Waals surface area contributed by atoms with E-state index in [9.17, 15) is 4.79 Å². The summed E-state index contributed by atoms with van der Waals surface area (Å²) >= 11 is 0. The lowest BCUT2D eigenvalue weighted by molar-refractivity contribution is -0.117. The van der Waals surface area contributed by atoms with Gasteiger partial charge in [0, 0.05) is 0 Å². The Morgan fingerprint density at radius 1 is 1.27 bits per heavy atom. The molecule has 0 aliphatic carbocycles. The Kier molecular flexibility index (Phi) is 2.62. The maximum atomic E-state index is 11.7. The number of carbonyl (C=O) groups is 1. The average molecular weight is 204 g/mol. The first-order chi connectivity index (χ1) is 7.16. The van der Waals surface area contributed by atoms with E-state index in [0.717, 1.165) is 17.8 Å². The van der Waals surface area contributed by atoms with E-state index in [1.54, 1.807) is 0 Å². The van der Waals surface area contributed by atoms with Gasteiger partial charge >= 0.3 is 0 Å². The largest absolute Gasteiger partial charge is 0.372 e. The van der Waals surface area contributed by atoms with Crippen LogP contribution in [-0.2, 0) is 4.79 Å². The summed E-state index contributed by atoms with van der Waals surface area (Å²) in [6, 6.07) is 7.69. The topological polar surface area (TPSA) is 41.1 Å². The highest BCUT2D eigenvalue weighted by atomic mass is 16.2. The van der Waals surface area contributed by atoms with E-state index in [1.807, 2.05) is 24.3 Å². The van der Waals surface area contributed by atoms with Gasteiger partial charge in [-0.2, -0.15) is 0 Å². The van der Waals surface area contributed by atoms with Gasteiger partial charge in [0.25, 0.3) is 0 Å². The Hall–Kier alpha value is -1.51. The molecule has 0 fully saturated rings. The monoisotopic (exact) mass is 204 g/mol. The first-order valence-electron chi connectivity index (χ1n) is 5.33. The molecule has 15 heavy (non-hydrogen) atoms. The second kappa shape index (κ2) is 3.93. The Bertz CT molecular complexity index is 374. The fraction of sp³-hybridized carbons (Fsp3) is 0.417. The molecule has 0 saturated carbocycles. The first kappa shape index (κ1) is 10.0. The highest BCUT2D eigenvalue weighted by Crippen LogP contribution is 2.27. The van der Waals surface area contributed by atoms with Gasteiger partial charge in [-0.3, -0.25) is 4.79 Å². The van der Waals surface area contributed by atoms with Crippen LogP contribution in [0.3, 0.4) is 0 Å². The summed E-state index contributed by atoms with van der Waals surface area (Å²) in [5, 5.41) is 6.18. The van der Waals surface area contributed by atoms with E-state index in [4.69, 9.17) is 0 Å². The fourth-order valence-electron chi connectivity index (χ4n) is 1.83. The minimum absolute atomic E-state index is 0.0717. The highest BCUT2D eigenvalue weighted by molar-refractivity contribution is 6.02. The number of nitrogens with one attached hydrogen (secondary N) is 2. The molecular formula is C12H16N2O. The molecule has 0 saturated heterocycles. The zero-order valence-corrected chi connectivity index (χ0v) is 9.08. The van der Waals surface area contributed by atoms with Crippen LogP contribution in [0.5, 0.6) is 0 Å². The molecule has 0 aromatic heterocycles. The Balaban J connectivity index is 2.18. The van der Waals surface area contributed by atoms with Crippen LogP contribution in [-0.4, -0.2) is 11.9 Å². The van der Waals surface area contributed by atoms with E-state index < -0.39 is 0 Å². The maximum Gasteiger partial charge on any atom is 0.246 e. The molecule has 1 heterocycles. The number of hydrogen-bond acceptors (Lipinski definition) is 2. The molecule has 0 unspecified atom stereocenters. The van der Waals surface area contributed by atoms with Crippen molar-refractivity contribution in [1.82, 2.24) is 0 Å². The third kappa shape index (κ3) is 2.12. The average Bonchev–Trinajstić information content (AvgIpc) is 2.18. The summed E-state index contributed by atoms with van der Waals surface area (Å²) < 4.78 is 0. The highest BCUT2D eigenvalue weighted by Gasteiger charge is 2.25. The summed E-state index contributed by atoms with van der Waals surface area (Å²) in [7, 11) is 0. The number of carbonyl (C=O) groups excluding carboxylic acids is 1. The molecule has 80 valence electrons. The van der Waals surface area contributed by atoms with Crippen molar-refractivity contribution in [3.05, 3.63) is 24.3 Å². The molecule has 1 amide bonds. The zero-order chi connectivity index (χ0) is 10.8. The minimum Gasteiger partial charge on any atom is -0.372 e. The van der Waals surface area contributed by atoms with Crippen molar-refractivity contribution in [2.24, 2.45) is 5.92 Å². The molecule has 3 heteroatoms. The van der Waals surface area contributed by atoms with Gasteiger partial charge in [0.05, 0.1) is 11.4 Å². The fourth-order valence-corrected chi connectivity index (χ4v) is 1.83. The summed E-state index contributed by atoms with van der Waals surface area (Å²) in [5.41, 5.74) is 1.89. The molecule has 0 radical (unpaired) electrons. The van der Waals surface area contributed by atoms with Crippen molar-refractivity contribution in [2.45, 2.75) is 26.3 Å². The van der Waals surface area contributed by atoms with Gasteiger partial charge < -0.3 is 10.6 Å². The number of benzene rings is 1. The van der Waals surface area contributed by atoms with Gasteiger partial charge in [-0.15, -0.1) is 0 Å². The third-order valence-corrected chi connectivity index (χ3v) is 2.54. The van der Waals surface area contributed by atoms with Crippen LogP contribution in [0.2, 0.25) is 0 Å². The SMILES string of the molecule is CC(C)C[C@@H]1Nc2ccccc2NC1=O. The molecule has 0 bridgehead atoms. The van der Waals surface area contributed by atoms with E-state index in [2.05, 4.69) is 24.5 Å². The normalized spacial score (nSPS) is 19.4. The lowest BCUT2D eigenvalue weighted by atomic mass is 10.0. The van der Waals surface area contributed by atoms with Crippen molar-refractivity contribution < 1.29 is 4.79 Å². The van der Waals surface area contributed by atoms with Gasteiger partial charge in [-0.05, 0) is 24.5 Å². The predicted octanol–water partition coefficient (Wildman–Crippen LogP) is 2.47. The van der Waals surface area contributed by atoms with Crippen molar-refractivity contribution in [3.8, 4) is 0 Å². The van der Waals surface area contributed by atoms with Crippen LogP contribution in [0.15, 0.2) is 24.3 Å². The van der Waals surface area contributed by atoms with Crippen LogP contribution in [0, 0.1) is 5.92 Å². The molecule has 1 aromatic carbocycles. The van der Waals surface area contributed by atoms with Gasteiger partial charge in [-0.25, -0.2) is 0 Å². The lowest BCUT2D eigenvalue weighted by Gasteiger charge is -2.27. The Labute approximate surface area is 89.9 Å². The number of rotatable bonds is 2. The van der Waals surface area contributed by atoms with Gasteiger partial charge in [-0.1, -0.05) is 26.0 Å². The third-order valence-electron chi connectivity index (χ3n) is 2.54. The number of amides is 1. The first-order valence-corrected chi connectivity index (χ1v) is 5.33. The van der Waals surface area contributed by atoms with Crippen LogP contribution in [0.25, 0.3) is 0 Å². The van der Waals surface area contributed by atoms with E-state index in [0.29, 0.717) is 5.92 Å². The second-order valence-corrected chi connectivity index (χ2v) is 4.36. The lowest BCUT2D eigenvalue weighted by Crippen LogP contribution is -2.39. The Morgan fingerprint density at radius 3 is 2.60 bits per heavy atom. The van der Waals surface area contributed by atoms with Crippen LogP contribution >= 0.6 is 0 Å². The van der Waals surface area contributed by atoms with Crippen LogP contribution < -0.4 is 10.6 Å². The number of anilines is 2. The second-order valence-electron chi connectivity index (χ2n) is 4.36. The van der Waals surface area contributed by atoms with Crippen LogP contribution in [0.1, 0.15) is 20.3 Å². The van der Waals surface area contributed by atoms with Gasteiger partial charge in [0.15, 0.2) is 0 Å². The Morgan fingerprint density at radius 2 is 1.93 bits per heavy atom. The molecule has 0 spiro atoms. The van der Waals surface area contributed by atoms with Crippen molar-refractivity contribution in [2.75, 3.05) is 10.6 Å². The van der Waals surface area contributed by atoms with E-state index >= 15 is 0 Å². The van der Waals surface area contributed by atoms with E-state index in [-0.39, 0.29) is 11.9 Å². The molecule has 2 N–H and O–H groups in total. The quantitative estimate of drug-likeness (QED) is 0.777. The summed E-state index contributed by atoms with van der Waals surface area (Å²) in [5.74, 6) is 0.584. The molecule has 3 nitrogen and oxygen atoms in total. The smallest absolute Gasteiger partial charge is 0.246 e. The van der Waals surface area contributed by atoms with Crippen molar-refractivity contribution in [3.63, 3.8) is 0 Å². The standard InChI is InChI=1S/C12H16N2O/c1-8(2)7-11-12(15)14-10-6-4-3-5-9(10)13-11/h3-6,8,11,13H,7H2,1-2H3,(H,14,15)/t11-/m0/s1. The van der Waals surface area contributed by atoms with Crippen molar-refractivity contribution in [1.29, 1.82) is 0 Å². The summed E-state index contributed by atoms with van der Waals surface area (Å²) in [6.45, 7) is 4.24. The molecule has 1 aliphatic heterocycles. The predicted molar refractivity (Wildman–Crippen MR) is 61.9 cm³/mol. The molecule has 2 rings (SSSR count). The minimum atomic E-state index is -0.0973. The molecule has 1 atom stereocenters. The van der Waals surface area contributed by atoms with Gasteiger partial charge in [0.2, 0.25) is 5.91 Å². The zero-order valence-electron chi connectivity index (χ0n) is 9.08. The molecule has 1 aromatic rings. The number of fused-ring (bicyclic) bond motifs is 1. The van der Waals surface area contributed by atoms with Crippen LogP contribution in [0.4, 0.5) is 11.4 Å². The van der Waals surface area contributed by atoms with E-state index in [1.165, 1.54) is 0 Å². The number of para-hydroxylation sites is 2. The molecular weight excluding hydrogens is 188 g/mol. The number of hydrogen-bond donors (Lipinski definition) is 2. The summed E-state index contributed by atoms with van der Waals surface area (Å²) in [4.78, 5) is 11.7. The maximum absolute atomic E-state index is 11.7. The molecule has 1 aliphatic rings. The van der Waals surface area contributed by atoms with Gasteiger partial charge in [0.1, 0.15) is 6.04 Å². The summed E-state index contributed by atoms with van der Waals surface area (Å²) in [6.07, 6.45) is 0.861. The van der Waals surface area contributed by atoms with Crippen molar-refractivity contribution >= 4 is 17.3 Å².